The van der Waals surface area contributed by atoms with E-state index in [1.165, 1.54) is 11.0 Å². The number of hydrogen-bond acceptors (Lipinski definition) is 8. The Bertz CT molecular complexity index is 1390. The van der Waals surface area contributed by atoms with Crippen molar-refractivity contribution >= 4 is 22.6 Å². The fourth-order valence-electron chi connectivity index (χ4n) is 4.23. The monoisotopic (exact) mass is 526 g/mol. The van der Waals surface area contributed by atoms with Crippen LogP contribution in [0.15, 0.2) is 42.1 Å². The lowest BCUT2D eigenvalue weighted by Gasteiger charge is -2.31. The lowest BCUT2D eigenvalue weighted by Crippen LogP contribution is -2.42. The summed E-state index contributed by atoms with van der Waals surface area (Å²) < 4.78 is 35.5. The van der Waals surface area contributed by atoms with Gasteiger partial charge >= 0.3 is 0 Å². The third-order valence-corrected chi connectivity index (χ3v) is 6.14. The number of aromatic amines is 1. The molecule has 12 heteroatoms. The SMILES string of the molecule is CC/C(=C\C=C(/N)Nc1ncnc(Oc2cc(F)c3[nH]c(C)cc3c2F)c1C(=O)N(C)C)N1CCNCC1. The first-order chi connectivity index (χ1) is 18.2. The highest BCUT2D eigenvalue weighted by molar-refractivity contribution is 6.01. The highest BCUT2D eigenvalue weighted by Gasteiger charge is 2.25. The standard InChI is InChI=1S/C26H32F2N8O2/c1-5-16(36-10-8-30-9-11-36)6-7-20(29)34-24-21(26(37)35(3)4)25(32-14-31-24)38-19-13-18(27)23-17(22(19)28)12-15(2)33-23/h6-7,12-14,30,33H,5,8-11,29H2,1-4H3,(H,31,32,34)/b16-6+,20-7+. The molecule has 10 nitrogen and oxygen atoms in total. The van der Waals surface area contributed by atoms with Gasteiger partial charge in [-0.05, 0) is 31.6 Å². The Morgan fingerprint density at radius 1 is 1.24 bits per heavy atom. The van der Waals surface area contributed by atoms with Crippen LogP contribution in [0.4, 0.5) is 14.6 Å². The first-order valence-corrected chi connectivity index (χ1v) is 12.3. The summed E-state index contributed by atoms with van der Waals surface area (Å²) in [6, 6.07) is 2.39. The summed E-state index contributed by atoms with van der Waals surface area (Å²) >= 11 is 0. The van der Waals surface area contributed by atoms with Gasteiger partial charge in [0.1, 0.15) is 17.7 Å². The zero-order chi connectivity index (χ0) is 27.4. The predicted molar refractivity (Wildman–Crippen MR) is 142 cm³/mol. The number of nitrogens with one attached hydrogen (secondary N) is 3. The van der Waals surface area contributed by atoms with Crippen LogP contribution in [0.5, 0.6) is 11.6 Å². The van der Waals surface area contributed by atoms with E-state index >= 15 is 4.39 Å². The number of H-pyrrole nitrogens is 1. The minimum Gasteiger partial charge on any atom is -0.435 e. The number of anilines is 1. The van der Waals surface area contributed by atoms with Crippen molar-refractivity contribution in [3.8, 4) is 11.6 Å². The quantitative estimate of drug-likeness (QED) is 0.329. The van der Waals surface area contributed by atoms with E-state index in [2.05, 4.69) is 37.4 Å². The molecule has 0 radical (unpaired) electrons. The summed E-state index contributed by atoms with van der Waals surface area (Å²) in [5.74, 6) is -2.37. The topological polar surface area (TPSA) is 124 Å². The van der Waals surface area contributed by atoms with Gasteiger partial charge in [0.2, 0.25) is 5.88 Å². The van der Waals surface area contributed by atoms with Crippen molar-refractivity contribution in [3.63, 3.8) is 0 Å². The van der Waals surface area contributed by atoms with Crippen LogP contribution in [-0.4, -0.2) is 70.9 Å². The van der Waals surface area contributed by atoms with E-state index < -0.39 is 23.3 Å². The summed E-state index contributed by atoms with van der Waals surface area (Å²) in [4.78, 5) is 27.7. The predicted octanol–water partition coefficient (Wildman–Crippen LogP) is 3.45. The molecule has 2 aromatic heterocycles. The molecule has 202 valence electrons. The van der Waals surface area contributed by atoms with E-state index in [0.717, 1.165) is 50.7 Å². The van der Waals surface area contributed by atoms with Gasteiger partial charge in [-0.3, -0.25) is 4.79 Å². The highest BCUT2D eigenvalue weighted by atomic mass is 19.1. The molecule has 0 atom stereocenters. The maximum atomic E-state index is 15.2. The molecule has 0 bridgehead atoms. The number of piperazine rings is 1. The van der Waals surface area contributed by atoms with Crippen LogP contribution in [0.3, 0.4) is 0 Å². The third-order valence-electron chi connectivity index (χ3n) is 6.14. The molecule has 0 aliphatic carbocycles. The molecule has 0 saturated carbocycles. The Morgan fingerprint density at radius 2 is 1.97 bits per heavy atom. The number of benzene rings is 1. The molecule has 0 spiro atoms. The van der Waals surface area contributed by atoms with Crippen LogP contribution in [0.1, 0.15) is 29.4 Å². The van der Waals surface area contributed by atoms with Crippen molar-refractivity contribution in [2.45, 2.75) is 20.3 Å². The summed E-state index contributed by atoms with van der Waals surface area (Å²) in [5, 5.41) is 6.28. The maximum absolute atomic E-state index is 15.2. The average Bonchev–Trinajstić information content (AvgIpc) is 3.30. The molecule has 38 heavy (non-hydrogen) atoms. The van der Waals surface area contributed by atoms with Crippen LogP contribution in [0.25, 0.3) is 10.9 Å². The third kappa shape index (κ3) is 5.70. The number of nitrogens with zero attached hydrogens (tertiary/aromatic N) is 4. The molecule has 1 amide bonds. The van der Waals surface area contributed by atoms with Crippen molar-refractivity contribution in [3.05, 3.63) is 65.0 Å². The van der Waals surface area contributed by atoms with E-state index in [1.54, 1.807) is 27.1 Å². The number of aromatic nitrogens is 3. The van der Waals surface area contributed by atoms with Gasteiger partial charge in [-0.1, -0.05) is 6.92 Å². The number of rotatable bonds is 8. The van der Waals surface area contributed by atoms with E-state index in [-0.39, 0.29) is 34.0 Å². The van der Waals surface area contributed by atoms with Gasteiger partial charge in [0.15, 0.2) is 23.2 Å². The number of carbonyl (C=O) groups is 1. The Morgan fingerprint density at radius 3 is 2.66 bits per heavy atom. The summed E-state index contributed by atoms with van der Waals surface area (Å²) in [7, 11) is 3.08. The van der Waals surface area contributed by atoms with Gasteiger partial charge in [-0.2, -0.15) is 0 Å². The molecule has 1 aliphatic heterocycles. The summed E-state index contributed by atoms with van der Waals surface area (Å²) in [5.41, 5.74) is 7.89. The van der Waals surface area contributed by atoms with Crippen molar-refractivity contribution in [2.75, 3.05) is 45.6 Å². The number of amides is 1. The van der Waals surface area contributed by atoms with Crippen molar-refractivity contribution < 1.29 is 18.3 Å². The molecule has 3 aromatic rings. The number of nitrogens with two attached hydrogens (primary N) is 1. The normalized spacial score (nSPS) is 14.6. The first-order valence-electron chi connectivity index (χ1n) is 12.3. The molecular formula is C26H32F2N8O2. The second kappa shape index (κ2) is 11.5. The summed E-state index contributed by atoms with van der Waals surface area (Å²) in [6.07, 6.45) is 5.60. The Hall–Kier alpha value is -4.19. The fraction of sp³-hybridized carbons (Fsp3) is 0.346. The van der Waals surface area contributed by atoms with Gasteiger partial charge in [0, 0.05) is 63.1 Å². The molecule has 3 heterocycles. The molecule has 1 aliphatic rings. The smallest absolute Gasteiger partial charge is 0.262 e. The summed E-state index contributed by atoms with van der Waals surface area (Å²) in [6.45, 7) is 7.39. The Balaban J connectivity index is 1.68. The van der Waals surface area contributed by atoms with Crippen molar-refractivity contribution in [1.82, 2.24) is 30.1 Å². The number of carbonyl (C=O) groups excluding carboxylic acids is 1. The number of ether oxygens (including phenoxy) is 1. The number of halogens is 2. The van der Waals surface area contributed by atoms with E-state index in [0.29, 0.717) is 5.69 Å². The fourth-order valence-corrected chi connectivity index (χ4v) is 4.23. The Labute approximate surface area is 219 Å². The van der Waals surface area contributed by atoms with Gasteiger partial charge < -0.3 is 35.9 Å². The average molecular weight is 527 g/mol. The van der Waals surface area contributed by atoms with Crippen LogP contribution < -0.4 is 21.1 Å². The van der Waals surface area contributed by atoms with Crippen LogP contribution in [0.2, 0.25) is 0 Å². The number of hydrogen-bond donors (Lipinski definition) is 4. The van der Waals surface area contributed by atoms with Crippen LogP contribution in [0, 0.1) is 18.6 Å². The minimum absolute atomic E-state index is 0.0280. The first kappa shape index (κ1) is 26.9. The molecule has 1 saturated heterocycles. The number of fused-ring (bicyclic) bond motifs is 1. The highest BCUT2D eigenvalue weighted by Crippen LogP contribution is 2.34. The minimum atomic E-state index is -0.785. The molecule has 5 N–H and O–H groups in total. The van der Waals surface area contributed by atoms with E-state index in [4.69, 9.17) is 10.5 Å². The zero-order valence-electron chi connectivity index (χ0n) is 21.9. The molecule has 4 rings (SSSR count). The van der Waals surface area contributed by atoms with Crippen LogP contribution in [-0.2, 0) is 0 Å². The van der Waals surface area contributed by atoms with E-state index in [9.17, 15) is 9.18 Å². The lowest BCUT2D eigenvalue weighted by molar-refractivity contribution is 0.0824. The van der Waals surface area contributed by atoms with Crippen molar-refractivity contribution in [2.24, 2.45) is 5.73 Å². The lowest BCUT2D eigenvalue weighted by atomic mass is 10.2. The molecule has 1 fully saturated rings. The van der Waals surface area contributed by atoms with E-state index in [1.807, 2.05) is 6.08 Å². The maximum Gasteiger partial charge on any atom is 0.262 e. The Kier molecular flexibility index (Phi) is 8.10. The zero-order valence-corrected chi connectivity index (χ0v) is 21.9. The molecule has 1 aromatic carbocycles. The number of allylic oxidation sites excluding steroid dienone is 3. The molecule has 0 unspecified atom stereocenters. The largest absolute Gasteiger partial charge is 0.435 e. The van der Waals surface area contributed by atoms with Gasteiger partial charge in [-0.25, -0.2) is 18.7 Å². The van der Waals surface area contributed by atoms with Crippen molar-refractivity contribution in [1.29, 1.82) is 0 Å². The van der Waals surface area contributed by atoms with Crippen LogP contribution >= 0.6 is 0 Å². The van der Waals surface area contributed by atoms with Gasteiger partial charge in [0.25, 0.3) is 5.91 Å². The molecular weight excluding hydrogens is 494 g/mol. The second-order valence-corrected chi connectivity index (χ2v) is 9.11. The number of aryl methyl sites for hydroxylation is 1. The second-order valence-electron chi connectivity index (χ2n) is 9.11. The van der Waals surface area contributed by atoms with Gasteiger partial charge in [-0.15, -0.1) is 0 Å². The van der Waals surface area contributed by atoms with Gasteiger partial charge in [0.05, 0.1) is 5.52 Å².